The molecular weight excluding hydrogens is 280 g/mol. The molecule has 2 heterocycles. The van der Waals surface area contributed by atoms with Crippen LogP contribution < -0.4 is 15.4 Å². The summed E-state index contributed by atoms with van der Waals surface area (Å²) in [4.78, 5) is 12.4. The second-order valence-corrected chi connectivity index (χ2v) is 5.18. The molecule has 1 aliphatic heterocycles. The first kappa shape index (κ1) is 14.6. The summed E-state index contributed by atoms with van der Waals surface area (Å²) < 4.78 is 5.57. The fourth-order valence-corrected chi connectivity index (χ4v) is 2.62. The van der Waals surface area contributed by atoms with E-state index in [9.17, 15) is 4.79 Å². The lowest BCUT2D eigenvalue weighted by Gasteiger charge is -2.13. The van der Waals surface area contributed by atoms with Crippen molar-refractivity contribution in [3.63, 3.8) is 0 Å². The summed E-state index contributed by atoms with van der Waals surface area (Å²) >= 11 is 0. The molecule has 0 fully saturated rings. The number of nitrogens with zero attached hydrogens (tertiary/aromatic N) is 1. The quantitative estimate of drug-likeness (QED) is 0.779. The van der Waals surface area contributed by atoms with Crippen molar-refractivity contribution in [1.82, 2.24) is 20.8 Å². The van der Waals surface area contributed by atoms with Gasteiger partial charge in [-0.3, -0.25) is 9.89 Å². The molecule has 6 nitrogen and oxygen atoms in total. The van der Waals surface area contributed by atoms with E-state index in [-0.39, 0.29) is 5.91 Å². The second kappa shape index (κ2) is 6.62. The van der Waals surface area contributed by atoms with Crippen LogP contribution in [0.5, 0.6) is 5.75 Å². The molecule has 1 aliphatic rings. The summed E-state index contributed by atoms with van der Waals surface area (Å²) in [5.74, 6) is 0.642. The Balaban J connectivity index is 1.69. The number of hydrogen-bond donors (Lipinski definition) is 3. The van der Waals surface area contributed by atoms with Crippen LogP contribution in [0.3, 0.4) is 0 Å². The van der Waals surface area contributed by atoms with E-state index in [0.717, 1.165) is 35.5 Å². The molecule has 0 saturated heterocycles. The molecule has 0 radical (unpaired) electrons. The molecule has 0 aliphatic carbocycles. The highest BCUT2D eigenvalue weighted by Crippen LogP contribution is 2.18. The van der Waals surface area contributed by atoms with Crippen LogP contribution in [0.1, 0.15) is 34.2 Å². The number of aromatic amines is 1. The molecule has 1 aromatic carbocycles. The Morgan fingerprint density at radius 1 is 1.41 bits per heavy atom. The molecule has 22 heavy (non-hydrogen) atoms. The van der Waals surface area contributed by atoms with E-state index in [0.29, 0.717) is 25.4 Å². The third kappa shape index (κ3) is 2.96. The van der Waals surface area contributed by atoms with E-state index in [1.165, 1.54) is 0 Å². The number of carbonyl (C=O) groups is 1. The van der Waals surface area contributed by atoms with E-state index >= 15 is 0 Å². The largest absolute Gasteiger partial charge is 0.494 e. The Labute approximate surface area is 129 Å². The van der Waals surface area contributed by atoms with Gasteiger partial charge in [0.15, 0.2) is 5.69 Å². The summed E-state index contributed by atoms with van der Waals surface area (Å²) in [5, 5.41) is 13.3. The fourth-order valence-electron chi connectivity index (χ4n) is 2.62. The van der Waals surface area contributed by atoms with Crippen molar-refractivity contribution in [2.45, 2.75) is 26.4 Å². The predicted molar refractivity (Wildman–Crippen MR) is 82.8 cm³/mol. The molecule has 3 N–H and O–H groups in total. The highest BCUT2D eigenvalue weighted by Gasteiger charge is 2.21. The number of nitrogens with one attached hydrogen (secondary N) is 3. The minimum Gasteiger partial charge on any atom is -0.494 e. The van der Waals surface area contributed by atoms with Crippen molar-refractivity contribution in [3.05, 3.63) is 46.8 Å². The molecule has 0 atom stereocenters. The van der Waals surface area contributed by atoms with Gasteiger partial charge in [0.1, 0.15) is 5.75 Å². The Hall–Kier alpha value is -2.34. The maximum atomic E-state index is 12.4. The Kier molecular flexibility index (Phi) is 4.39. The third-order valence-corrected chi connectivity index (χ3v) is 3.73. The van der Waals surface area contributed by atoms with Crippen LogP contribution in [0, 0.1) is 0 Å². The molecule has 2 aromatic rings. The number of hydrogen-bond acceptors (Lipinski definition) is 4. The Morgan fingerprint density at radius 3 is 3.14 bits per heavy atom. The second-order valence-electron chi connectivity index (χ2n) is 5.18. The lowest BCUT2D eigenvalue weighted by molar-refractivity contribution is 0.0944. The number of aromatic nitrogens is 2. The molecule has 0 spiro atoms. The number of rotatable bonds is 5. The summed E-state index contributed by atoms with van der Waals surface area (Å²) in [6, 6.07) is 7.72. The smallest absolute Gasteiger partial charge is 0.272 e. The minimum atomic E-state index is -0.160. The number of benzene rings is 1. The summed E-state index contributed by atoms with van der Waals surface area (Å²) in [6.45, 7) is 4.56. The minimum absolute atomic E-state index is 0.160. The van der Waals surface area contributed by atoms with Crippen molar-refractivity contribution in [1.29, 1.82) is 0 Å². The van der Waals surface area contributed by atoms with Gasteiger partial charge in [0, 0.05) is 42.9 Å². The summed E-state index contributed by atoms with van der Waals surface area (Å²) in [5.41, 5.74) is 3.47. The highest BCUT2D eigenvalue weighted by molar-refractivity contribution is 5.94. The maximum absolute atomic E-state index is 12.4. The van der Waals surface area contributed by atoms with Crippen molar-refractivity contribution in [3.8, 4) is 5.75 Å². The van der Waals surface area contributed by atoms with Crippen LogP contribution in [-0.2, 0) is 19.5 Å². The SMILES string of the molecule is CCOc1ccccc1CNC(=O)c1n[nH]c2c1CNCC2. The van der Waals surface area contributed by atoms with E-state index in [1.54, 1.807) is 0 Å². The van der Waals surface area contributed by atoms with Crippen LogP contribution >= 0.6 is 0 Å². The van der Waals surface area contributed by atoms with Gasteiger partial charge in [-0.25, -0.2) is 0 Å². The van der Waals surface area contributed by atoms with Crippen LogP contribution in [0.4, 0.5) is 0 Å². The number of fused-ring (bicyclic) bond motifs is 1. The van der Waals surface area contributed by atoms with Gasteiger partial charge in [-0.05, 0) is 13.0 Å². The molecule has 3 rings (SSSR count). The molecule has 1 aromatic heterocycles. The molecule has 6 heteroatoms. The van der Waals surface area contributed by atoms with Crippen LogP contribution in [0.25, 0.3) is 0 Å². The number of H-pyrrole nitrogens is 1. The van der Waals surface area contributed by atoms with Crippen molar-refractivity contribution in [2.24, 2.45) is 0 Å². The maximum Gasteiger partial charge on any atom is 0.272 e. The molecule has 0 saturated carbocycles. The topological polar surface area (TPSA) is 79.0 Å². The monoisotopic (exact) mass is 300 g/mol. The van der Waals surface area contributed by atoms with E-state index < -0.39 is 0 Å². The Morgan fingerprint density at radius 2 is 2.27 bits per heavy atom. The van der Waals surface area contributed by atoms with Crippen LogP contribution in [-0.4, -0.2) is 29.3 Å². The van der Waals surface area contributed by atoms with Crippen molar-refractivity contribution in [2.75, 3.05) is 13.2 Å². The lowest BCUT2D eigenvalue weighted by atomic mass is 10.1. The van der Waals surface area contributed by atoms with E-state index in [2.05, 4.69) is 20.8 Å². The van der Waals surface area contributed by atoms with Gasteiger partial charge in [0.25, 0.3) is 5.91 Å². The standard InChI is InChI=1S/C16H20N4O2/c1-2-22-14-6-4-3-5-11(14)9-18-16(21)15-12-10-17-8-7-13(12)19-20-15/h3-6,17H,2,7-10H2,1H3,(H,18,21)(H,19,20). The van der Waals surface area contributed by atoms with Crippen LogP contribution in [0.2, 0.25) is 0 Å². The Bertz CT molecular complexity index is 666. The fraction of sp³-hybridized carbons (Fsp3) is 0.375. The van der Waals surface area contributed by atoms with Gasteiger partial charge in [0.2, 0.25) is 0 Å². The molecule has 0 bridgehead atoms. The number of carbonyl (C=O) groups excluding carboxylic acids is 1. The summed E-state index contributed by atoms with van der Waals surface area (Å²) in [6.07, 6.45) is 0.878. The first-order chi connectivity index (χ1) is 10.8. The lowest BCUT2D eigenvalue weighted by Crippen LogP contribution is -2.28. The first-order valence-corrected chi connectivity index (χ1v) is 7.55. The zero-order valence-electron chi connectivity index (χ0n) is 12.6. The highest BCUT2D eigenvalue weighted by atomic mass is 16.5. The van der Waals surface area contributed by atoms with Crippen LogP contribution in [0.15, 0.2) is 24.3 Å². The van der Waals surface area contributed by atoms with E-state index in [1.807, 2.05) is 31.2 Å². The number of amides is 1. The van der Waals surface area contributed by atoms with E-state index in [4.69, 9.17) is 4.74 Å². The third-order valence-electron chi connectivity index (χ3n) is 3.73. The van der Waals surface area contributed by atoms with Gasteiger partial charge in [-0.1, -0.05) is 18.2 Å². The van der Waals surface area contributed by atoms with Crippen molar-refractivity contribution < 1.29 is 9.53 Å². The molecule has 116 valence electrons. The zero-order chi connectivity index (χ0) is 15.4. The average molecular weight is 300 g/mol. The van der Waals surface area contributed by atoms with Gasteiger partial charge in [0.05, 0.1) is 6.61 Å². The van der Waals surface area contributed by atoms with Gasteiger partial charge in [-0.2, -0.15) is 5.10 Å². The normalized spacial score (nSPS) is 13.5. The first-order valence-electron chi connectivity index (χ1n) is 7.55. The molecule has 1 amide bonds. The van der Waals surface area contributed by atoms with Gasteiger partial charge in [-0.15, -0.1) is 0 Å². The van der Waals surface area contributed by atoms with Gasteiger partial charge >= 0.3 is 0 Å². The number of para-hydroxylation sites is 1. The zero-order valence-corrected chi connectivity index (χ0v) is 12.6. The molecular formula is C16H20N4O2. The average Bonchev–Trinajstić information content (AvgIpc) is 2.98. The number of ether oxygens (including phenoxy) is 1. The van der Waals surface area contributed by atoms with Gasteiger partial charge < -0.3 is 15.4 Å². The molecule has 0 unspecified atom stereocenters. The predicted octanol–water partition coefficient (Wildman–Crippen LogP) is 1.38. The summed E-state index contributed by atoms with van der Waals surface area (Å²) in [7, 11) is 0. The van der Waals surface area contributed by atoms with Crippen molar-refractivity contribution >= 4 is 5.91 Å².